The van der Waals surface area contributed by atoms with Gasteiger partial charge in [0.1, 0.15) is 0 Å². The average molecular weight is 289 g/mol. The summed E-state index contributed by atoms with van der Waals surface area (Å²) < 4.78 is 1.16. The summed E-state index contributed by atoms with van der Waals surface area (Å²) in [6.45, 7) is 10.5. The highest BCUT2D eigenvalue weighted by Crippen LogP contribution is 2.51. The van der Waals surface area contributed by atoms with E-state index in [0.717, 1.165) is 4.47 Å². The summed E-state index contributed by atoms with van der Waals surface area (Å²) in [4.78, 5) is 0. The maximum atomic E-state index is 3.82. The lowest BCUT2D eigenvalue weighted by atomic mass is 9.82. The lowest BCUT2D eigenvalue weighted by Crippen LogP contribution is -2.14. The van der Waals surface area contributed by atoms with Crippen molar-refractivity contribution in [3.8, 4) is 0 Å². The number of benzene rings is 1. The van der Waals surface area contributed by atoms with Crippen molar-refractivity contribution in [2.75, 3.05) is 0 Å². The molecule has 0 fully saturated rings. The van der Waals surface area contributed by atoms with Crippen LogP contribution in [0.5, 0.6) is 0 Å². The van der Waals surface area contributed by atoms with Gasteiger partial charge in [-0.05, 0) is 29.7 Å². The first-order valence-electron chi connectivity index (χ1n) is 5.83. The second kappa shape index (κ2) is 4.30. The molecule has 0 spiro atoms. The minimum absolute atomic E-state index is 0.0721. The molecule has 1 aliphatic carbocycles. The third-order valence-corrected chi connectivity index (χ3v) is 4.15. The van der Waals surface area contributed by atoms with E-state index >= 15 is 0 Å². The normalized spacial score (nSPS) is 21.9. The standard InChI is InChI=1S/C16H17Br/c1-5-8-11-12(6-2)16(3,4)13-9-7-10-14(17)15(11)13/h5-10H,1H2,2-4H3/b11-8?,12-6+. The minimum Gasteiger partial charge on any atom is -0.0990 e. The van der Waals surface area contributed by atoms with Crippen LogP contribution < -0.4 is 0 Å². The summed E-state index contributed by atoms with van der Waals surface area (Å²) in [7, 11) is 0. The third-order valence-electron chi connectivity index (χ3n) is 3.49. The molecule has 0 aliphatic heterocycles. The number of hydrogen-bond donors (Lipinski definition) is 0. The Kier molecular flexibility index (Phi) is 3.13. The summed E-state index contributed by atoms with van der Waals surface area (Å²) in [6, 6.07) is 6.42. The highest BCUT2D eigenvalue weighted by molar-refractivity contribution is 9.10. The molecule has 1 aromatic rings. The van der Waals surface area contributed by atoms with Crippen LogP contribution in [0, 0.1) is 0 Å². The van der Waals surface area contributed by atoms with Gasteiger partial charge >= 0.3 is 0 Å². The Bertz CT molecular complexity index is 530. The Morgan fingerprint density at radius 2 is 2.00 bits per heavy atom. The fourth-order valence-electron chi connectivity index (χ4n) is 2.74. The molecule has 0 bridgehead atoms. The van der Waals surface area contributed by atoms with Crippen molar-refractivity contribution in [2.24, 2.45) is 0 Å². The molecule has 0 amide bonds. The summed E-state index contributed by atoms with van der Waals surface area (Å²) in [5.41, 5.74) is 5.43. The van der Waals surface area contributed by atoms with Gasteiger partial charge in [0.2, 0.25) is 0 Å². The molecule has 88 valence electrons. The van der Waals surface area contributed by atoms with Crippen LogP contribution in [-0.2, 0) is 5.41 Å². The van der Waals surface area contributed by atoms with Crippen molar-refractivity contribution >= 4 is 21.5 Å². The van der Waals surface area contributed by atoms with Gasteiger partial charge in [-0.15, -0.1) is 0 Å². The van der Waals surface area contributed by atoms with Gasteiger partial charge < -0.3 is 0 Å². The number of fused-ring (bicyclic) bond motifs is 1. The van der Waals surface area contributed by atoms with Crippen molar-refractivity contribution < 1.29 is 0 Å². The molecular weight excluding hydrogens is 272 g/mol. The van der Waals surface area contributed by atoms with E-state index < -0.39 is 0 Å². The first-order chi connectivity index (χ1) is 8.04. The molecule has 0 heterocycles. The molecule has 0 aromatic heterocycles. The van der Waals surface area contributed by atoms with Crippen LogP contribution >= 0.6 is 15.9 Å². The third kappa shape index (κ3) is 1.73. The Morgan fingerprint density at radius 3 is 2.59 bits per heavy atom. The molecule has 0 N–H and O–H groups in total. The predicted octanol–water partition coefficient (Wildman–Crippen LogP) is 5.26. The smallest absolute Gasteiger partial charge is 0.0256 e. The molecule has 0 nitrogen and oxygen atoms in total. The second-order valence-electron chi connectivity index (χ2n) is 4.81. The van der Waals surface area contributed by atoms with Crippen LogP contribution in [-0.4, -0.2) is 0 Å². The number of hydrogen-bond acceptors (Lipinski definition) is 0. The van der Waals surface area contributed by atoms with Gasteiger partial charge in [-0.1, -0.05) is 66.7 Å². The summed E-state index contributed by atoms with van der Waals surface area (Å²) >= 11 is 3.66. The van der Waals surface area contributed by atoms with Crippen LogP contribution in [0.15, 0.2) is 53.1 Å². The lowest BCUT2D eigenvalue weighted by molar-refractivity contribution is 0.659. The van der Waals surface area contributed by atoms with Crippen LogP contribution in [0.2, 0.25) is 0 Å². The highest BCUT2D eigenvalue weighted by Gasteiger charge is 2.38. The second-order valence-corrected chi connectivity index (χ2v) is 5.66. The zero-order chi connectivity index (χ0) is 12.6. The largest absolute Gasteiger partial charge is 0.0990 e. The quantitative estimate of drug-likeness (QED) is 0.662. The van der Waals surface area contributed by atoms with Gasteiger partial charge in [0.05, 0.1) is 0 Å². The molecule has 1 heteroatoms. The molecule has 0 atom stereocenters. The lowest BCUT2D eigenvalue weighted by Gasteiger charge is -2.21. The maximum absolute atomic E-state index is 3.82. The number of halogens is 1. The average Bonchev–Trinajstić information content (AvgIpc) is 2.49. The molecule has 0 saturated heterocycles. The molecule has 1 aromatic carbocycles. The van der Waals surface area contributed by atoms with Crippen molar-refractivity contribution in [1.82, 2.24) is 0 Å². The molecular formula is C16H17Br. The van der Waals surface area contributed by atoms with Gasteiger partial charge in [0.15, 0.2) is 0 Å². The van der Waals surface area contributed by atoms with E-state index in [0.29, 0.717) is 0 Å². The fraction of sp³-hybridized carbons (Fsp3) is 0.250. The van der Waals surface area contributed by atoms with Gasteiger partial charge in [0, 0.05) is 15.5 Å². The molecule has 0 radical (unpaired) electrons. The molecule has 17 heavy (non-hydrogen) atoms. The fourth-order valence-corrected chi connectivity index (χ4v) is 3.32. The Labute approximate surface area is 112 Å². The SMILES string of the molecule is C=CC=C1/C(=C\C)C(C)(C)c2cccc(Br)c21. The van der Waals surface area contributed by atoms with E-state index in [-0.39, 0.29) is 5.41 Å². The van der Waals surface area contributed by atoms with Crippen molar-refractivity contribution in [3.05, 3.63) is 64.2 Å². The van der Waals surface area contributed by atoms with Gasteiger partial charge in [-0.25, -0.2) is 0 Å². The summed E-state index contributed by atoms with van der Waals surface area (Å²) in [6.07, 6.45) is 6.18. The van der Waals surface area contributed by atoms with Gasteiger partial charge in [-0.2, -0.15) is 0 Å². The maximum Gasteiger partial charge on any atom is 0.0256 e. The van der Waals surface area contributed by atoms with Crippen molar-refractivity contribution in [3.63, 3.8) is 0 Å². The Hall–Kier alpha value is -1.08. The van der Waals surface area contributed by atoms with E-state index in [9.17, 15) is 0 Å². The van der Waals surface area contributed by atoms with Crippen LogP contribution in [0.25, 0.3) is 5.57 Å². The van der Waals surface area contributed by atoms with E-state index in [2.05, 4.69) is 73.6 Å². The van der Waals surface area contributed by atoms with Gasteiger partial charge in [0.25, 0.3) is 0 Å². The van der Waals surface area contributed by atoms with Crippen molar-refractivity contribution in [1.29, 1.82) is 0 Å². The predicted molar refractivity (Wildman–Crippen MR) is 79.1 cm³/mol. The molecule has 2 rings (SSSR count). The van der Waals surface area contributed by atoms with E-state index in [1.807, 2.05) is 6.08 Å². The van der Waals surface area contributed by atoms with E-state index in [1.165, 1.54) is 22.3 Å². The van der Waals surface area contributed by atoms with E-state index in [1.54, 1.807) is 0 Å². The van der Waals surface area contributed by atoms with Crippen LogP contribution in [0.1, 0.15) is 31.9 Å². The zero-order valence-corrected chi connectivity index (χ0v) is 12.1. The Balaban J connectivity index is 2.83. The van der Waals surface area contributed by atoms with Crippen LogP contribution in [0.3, 0.4) is 0 Å². The zero-order valence-electron chi connectivity index (χ0n) is 10.5. The molecule has 0 saturated carbocycles. The van der Waals surface area contributed by atoms with E-state index in [4.69, 9.17) is 0 Å². The molecule has 1 aliphatic rings. The monoisotopic (exact) mass is 288 g/mol. The topological polar surface area (TPSA) is 0 Å². The molecule has 0 unspecified atom stereocenters. The van der Waals surface area contributed by atoms with Crippen molar-refractivity contribution in [2.45, 2.75) is 26.2 Å². The van der Waals surface area contributed by atoms with Crippen LogP contribution in [0.4, 0.5) is 0 Å². The first-order valence-corrected chi connectivity index (χ1v) is 6.62. The first kappa shape index (κ1) is 12.4. The Morgan fingerprint density at radius 1 is 1.29 bits per heavy atom. The number of rotatable bonds is 1. The number of allylic oxidation sites excluding steroid dienone is 5. The van der Waals surface area contributed by atoms with Gasteiger partial charge in [-0.3, -0.25) is 0 Å². The highest BCUT2D eigenvalue weighted by atomic mass is 79.9. The summed E-state index contributed by atoms with van der Waals surface area (Å²) in [5, 5.41) is 0. The minimum atomic E-state index is 0.0721. The summed E-state index contributed by atoms with van der Waals surface area (Å²) in [5.74, 6) is 0.